The Hall–Kier alpha value is -0.870. The number of amides is 1. The van der Waals surface area contributed by atoms with Crippen molar-refractivity contribution < 1.29 is 4.79 Å². The van der Waals surface area contributed by atoms with Gasteiger partial charge in [-0.15, -0.1) is 0 Å². The fourth-order valence-corrected chi connectivity index (χ4v) is 3.59. The van der Waals surface area contributed by atoms with Gasteiger partial charge in [-0.1, -0.05) is 6.07 Å². The Kier molecular flexibility index (Phi) is 4.13. The Morgan fingerprint density at radius 3 is 2.55 bits per heavy atom. The summed E-state index contributed by atoms with van der Waals surface area (Å²) in [5.74, 6) is 0.0433. The van der Waals surface area contributed by atoms with E-state index in [0.717, 1.165) is 47.6 Å². The van der Waals surface area contributed by atoms with Crippen molar-refractivity contribution in [3.05, 3.63) is 33.8 Å². The highest BCUT2D eigenvalue weighted by molar-refractivity contribution is 9.10. The highest BCUT2D eigenvalue weighted by atomic mass is 79.9. The van der Waals surface area contributed by atoms with Crippen molar-refractivity contribution in [2.24, 2.45) is 0 Å². The SMILES string of the molecule is Cc1ccc(C(=O)NC2CCN(C3CC3)CC2)c(Br)c1. The first kappa shape index (κ1) is 14.1. The van der Waals surface area contributed by atoms with Gasteiger partial charge in [0.25, 0.3) is 5.91 Å². The Labute approximate surface area is 128 Å². The number of aryl methyl sites for hydroxylation is 1. The molecule has 3 nitrogen and oxygen atoms in total. The van der Waals surface area contributed by atoms with E-state index in [9.17, 15) is 4.79 Å². The van der Waals surface area contributed by atoms with Crippen LogP contribution in [0.4, 0.5) is 0 Å². The van der Waals surface area contributed by atoms with E-state index in [1.165, 1.54) is 12.8 Å². The van der Waals surface area contributed by atoms with Crippen molar-refractivity contribution in [3.8, 4) is 0 Å². The Bertz CT molecular complexity index is 505. The number of nitrogens with one attached hydrogen (secondary N) is 1. The second kappa shape index (κ2) is 5.86. The van der Waals surface area contributed by atoms with Crippen LogP contribution in [0, 0.1) is 6.92 Å². The lowest BCUT2D eigenvalue weighted by Crippen LogP contribution is -2.45. The summed E-state index contributed by atoms with van der Waals surface area (Å²) < 4.78 is 0.880. The zero-order chi connectivity index (χ0) is 14.1. The fraction of sp³-hybridized carbons (Fsp3) is 0.562. The largest absolute Gasteiger partial charge is 0.349 e. The third-order valence-electron chi connectivity index (χ3n) is 4.30. The minimum atomic E-state index is 0.0433. The van der Waals surface area contributed by atoms with Crippen LogP contribution in [-0.4, -0.2) is 36.0 Å². The van der Waals surface area contributed by atoms with Crippen molar-refractivity contribution in [2.75, 3.05) is 13.1 Å². The van der Waals surface area contributed by atoms with Crippen LogP contribution < -0.4 is 5.32 Å². The quantitative estimate of drug-likeness (QED) is 0.919. The predicted molar refractivity (Wildman–Crippen MR) is 84.0 cm³/mol. The first-order valence-corrected chi connectivity index (χ1v) is 8.24. The van der Waals surface area contributed by atoms with E-state index in [-0.39, 0.29) is 5.91 Å². The van der Waals surface area contributed by atoms with Crippen LogP contribution in [0.25, 0.3) is 0 Å². The van der Waals surface area contributed by atoms with Gasteiger partial charge in [0.2, 0.25) is 0 Å². The number of rotatable bonds is 3. The van der Waals surface area contributed by atoms with Crippen molar-refractivity contribution in [2.45, 2.75) is 44.7 Å². The minimum absolute atomic E-state index is 0.0433. The van der Waals surface area contributed by atoms with Gasteiger partial charge in [0.05, 0.1) is 5.56 Å². The summed E-state index contributed by atoms with van der Waals surface area (Å²) in [7, 11) is 0. The van der Waals surface area contributed by atoms with E-state index in [2.05, 4.69) is 26.1 Å². The maximum atomic E-state index is 12.3. The zero-order valence-electron chi connectivity index (χ0n) is 11.9. The smallest absolute Gasteiger partial charge is 0.252 e. The molecule has 0 unspecified atom stereocenters. The maximum Gasteiger partial charge on any atom is 0.252 e. The van der Waals surface area contributed by atoms with E-state index in [1.807, 2.05) is 25.1 Å². The number of carbonyl (C=O) groups is 1. The molecule has 4 heteroatoms. The van der Waals surface area contributed by atoms with E-state index in [0.29, 0.717) is 6.04 Å². The third-order valence-corrected chi connectivity index (χ3v) is 4.95. The summed E-state index contributed by atoms with van der Waals surface area (Å²) in [6, 6.07) is 7.04. The summed E-state index contributed by atoms with van der Waals surface area (Å²) in [6.45, 7) is 4.29. The van der Waals surface area contributed by atoms with Gasteiger partial charge < -0.3 is 10.2 Å². The lowest BCUT2D eigenvalue weighted by atomic mass is 10.0. The molecular formula is C16H21BrN2O. The number of piperidine rings is 1. The van der Waals surface area contributed by atoms with E-state index in [1.54, 1.807) is 0 Å². The van der Waals surface area contributed by atoms with E-state index in [4.69, 9.17) is 0 Å². The van der Waals surface area contributed by atoms with Crippen molar-refractivity contribution in [1.82, 2.24) is 10.2 Å². The number of hydrogen-bond acceptors (Lipinski definition) is 2. The first-order chi connectivity index (χ1) is 9.63. The Morgan fingerprint density at radius 1 is 1.25 bits per heavy atom. The molecule has 1 saturated heterocycles. The number of carbonyl (C=O) groups excluding carboxylic acids is 1. The van der Waals surface area contributed by atoms with E-state index < -0.39 is 0 Å². The summed E-state index contributed by atoms with van der Waals surface area (Å²) in [6.07, 6.45) is 4.89. The molecule has 0 radical (unpaired) electrons. The van der Waals surface area contributed by atoms with Crippen LogP contribution in [-0.2, 0) is 0 Å². The van der Waals surface area contributed by atoms with Gasteiger partial charge >= 0.3 is 0 Å². The number of nitrogens with zero attached hydrogens (tertiary/aromatic N) is 1. The van der Waals surface area contributed by atoms with E-state index >= 15 is 0 Å². The van der Waals surface area contributed by atoms with Gasteiger partial charge in [0.15, 0.2) is 0 Å². The van der Waals surface area contributed by atoms with Gasteiger partial charge in [0, 0.05) is 29.6 Å². The molecule has 1 aromatic rings. The van der Waals surface area contributed by atoms with Gasteiger partial charge in [-0.25, -0.2) is 0 Å². The molecule has 0 spiro atoms. The molecule has 1 amide bonds. The molecule has 3 rings (SSSR count). The fourth-order valence-electron chi connectivity index (χ4n) is 2.92. The summed E-state index contributed by atoms with van der Waals surface area (Å²) in [4.78, 5) is 14.9. The average Bonchev–Trinajstić information content (AvgIpc) is 3.23. The van der Waals surface area contributed by atoms with Crippen LogP contribution in [0.2, 0.25) is 0 Å². The van der Waals surface area contributed by atoms with Crippen LogP contribution in [0.15, 0.2) is 22.7 Å². The monoisotopic (exact) mass is 336 g/mol. The van der Waals surface area contributed by atoms with Crippen LogP contribution >= 0.6 is 15.9 Å². The molecule has 1 N–H and O–H groups in total. The standard InChI is InChI=1S/C16H21BrN2O/c1-11-2-5-14(15(17)10-11)16(20)18-12-6-8-19(9-7-12)13-3-4-13/h2,5,10,12-13H,3-4,6-9H2,1H3,(H,18,20). The predicted octanol–water partition coefficient (Wildman–Crippen LogP) is 3.11. The molecule has 1 aromatic carbocycles. The topological polar surface area (TPSA) is 32.3 Å². The van der Waals surface area contributed by atoms with Crippen molar-refractivity contribution in [1.29, 1.82) is 0 Å². The maximum absolute atomic E-state index is 12.3. The zero-order valence-corrected chi connectivity index (χ0v) is 13.4. The highest BCUT2D eigenvalue weighted by Gasteiger charge is 2.32. The van der Waals surface area contributed by atoms with Crippen molar-refractivity contribution in [3.63, 3.8) is 0 Å². The molecule has 1 saturated carbocycles. The molecule has 0 bridgehead atoms. The molecule has 0 atom stereocenters. The average molecular weight is 337 g/mol. The molecule has 1 aliphatic carbocycles. The summed E-state index contributed by atoms with van der Waals surface area (Å²) in [5, 5.41) is 3.18. The molecule has 108 valence electrons. The normalized spacial score (nSPS) is 20.9. The molecule has 20 heavy (non-hydrogen) atoms. The number of hydrogen-bond donors (Lipinski definition) is 1. The molecule has 1 heterocycles. The van der Waals surface area contributed by atoms with Gasteiger partial charge in [-0.05, 0) is 66.2 Å². The summed E-state index contributed by atoms with van der Waals surface area (Å²) >= 11 is 3.48. The second-order valence-corrected chi connectivity index (χ2v) is 6.85. The minimum Gasteiger partial charge on any atom is -0.349 e. The highest BCUT2D eigenvalue weighted by Crippen LogP contribution is 2.29. The lowest BCUT2D eigenvalue weighted by molar-refractivity contribution is 0.0908. The lowest BCUT2D eigenvalue weighted by Gasteiger charge is -2.32. The van der Waals surface area contributed by atoms with Crippen molar-refractivity contribution >= 4 is 21.8 Å². The summed E-state index contributed by atoms with van der Waals surface area (Å²) in [5.41, 5.74) is 1.89. The molecule has 0 aromatic heterocycles. The molecule has 2 aliphatic rings. The third kappa shape index (κ3) is 3.23. The Balaban J connectivity index is 1.56. The number of likely N-dealkylation sites (tertiary alicyclic amines) is 1. The molecule has 1 aliphatic heterocycles. The molecule has 2 fully saturated rings. The van der Waals surface area contributed by atoms with Crippen LogP contribution in [0.3, 0.4) is 0 Å². The van der Waals surface area contributed by atoms with Gasteiger partial charge in [0.1, 0.15) is 0 Å². The second-order valence-electron chi connectivity index (χ2n) is 6.00. The first-order valence-electron chi connectivity index (χ1n) is 7.44. The van der Waals surface area contributed by atoms with Crippen LogP contribution in [0.5, 0.6) is 0 Å². The number of halogens is 1. The molecular weight excluding hydrogens is 316 g/mol. The van der Waals surface area contributed by atoms with Gasteiger partial charge in [-0.3, -0.25) is 4.79 Å². The van der Waals surface area contributed by atoms with Crippen LogP contribution in [0.1, 0.15) is 41.6 Å². The Morgan fingerprint density at radius 2 is 1.95 bits per heavy atom. The number of benzene rings is 1. The van der Waals surface area contributed by atoms with Gasteiger partial charge in [-0.2, -0.15) is 0 Å².